The molecule has 0 saturated heterocycles. The molecular formula is C18H19N3O4. The monoisotopic (exact) mass is 341 g/mol. The second-order valence-electron chi connectivity index (χ2n) is 5.53. The van der Waals surface area contributed by atoms with Crippen LogP contribution in [-0.4, -0.2) is 29.3 Å². The maximum absolute atomic E-state index is 12.4. The van der Waals surface area contributed by atoms with E-state index in [0.29, 0.717) is 17.2 Å². The lowest BCUT2D eigenvalue weighted by molar-refractivity contribution is -0.116. The van der Waals surface area contributed by atoms with Crippen molar-refractivity contribution in [1.29, 1.82) is 0 Å². The summed E-state index contributed by atoms with van der Waals surface area (Å²) in [6.45, 7) is -0.0749. The number of rotatable bonds is 5. The largest absolute Gasteiger partial charge is 0.493 e. The Balaban J connectivity index is 1.84. The summed E-state index contributed by atoms with van der Waals surface area (Å²) in [5.74, 6) is 0.791. The molecule has 0 aliphatic heterocycles. The zero-order chi connectivity index (χ0) is 18.0. The van der Waals surface area contributed by atoms with Gasteiger partial charge in [-0.25, -0.2) is 4.79 Å². The maximum atomic E-state index is 12.4. The Morgan fingerprint density at radius 2 is 1.72 bits per heavy atom. The second kappa shape index (κ2) is 6.72. The van der Waals surface area contributed by atoms with Gasteiger partial charge in [-0.2, -0.15) is 0 Å². The van der Waals surface area contributed by atoms with Crippen LogP contribution in [0.5, 0.6) is 11.5 Å². The molecule has 0 radical (unpaired) electrons. The highest BCUT2D eigenvalue weighted by Gasteiger charge is 2.14. The smallest absolute Gasteiger partial charge is 0.329 e. The molecule has 7 heteroatoms. The van der Waals surface area contributed by atoms with Crippen molar-refractivity contribution < 1.29 is 14.3 Å². The first-order valence-corrected chi connectivity index (χ1v) is 7.71. The number of para-hydroxylation sites is 2. The van der Waals surface area contributed by atoms with Gasteiger partial charge in [0.15, 0.2) is 11.5 Å². The van der Waals surface area contributed by atoms with Crippen molar-refractivity contribution in [2.45, 2.75) is 6.54 Å². The van der Waals surface area contributed by atoms with E-state index in [0.717, 1.165) is 11.0 Å². The first kappa shape index (κ1) is 16.6. The molecule has 0 saturated carbocycles. The number of aryl methyl sites for hydroxylation is 1. The summed E-state index contributed by atoms with van der Waals surface area (Å²) >= 11 is 0. The standard InChI is InChI=1S/C18H19N3O4/c1-20-13-6-4-5-7-14(13)21(18(20)23)11-17(22)19-12-8-9-15(24-2)16(10-12)25-3/h4-10H,11H2,1-3H3,(H,19,22). The first-order valence-electron chi connectivity index (χ1n) is 7.71. The Labute approximate surface area is 144 Å². The molecule has 0 atom stereocenters. The summed E-state index contributed by atoms with van der Waals surface area (Å²) < 4.78 is 13.4. The van der Waals surface area contributed by atoms with Gasteiger partial charge in [0, 0.05) is 18.8 Å². The van der Waals surface area contributed by atoms with Gasteiger partial charge in [0.1, 0.15) is 6.54 Å². The minimum atomic E-state index is -0.300. The Kier molecular flexibility index (Phi) is 4.47. The molecule has 3 rings (SSSR count). The fourth-order valence-corrected chi connectivity index (χ4v) is 2.77. The van der Waals surface area contributed by atoms with E-state index in [1.54, 1.807) is 32.4 Å². The quantitative estimate of drug-likeness (QED) is 0.770. The fraction of sp³-hybridized carbons (Fsp3) is 0.222. The van der Waals surface area contributed by atoms with Crippen LogP contribution in [0.3, 0.4) is 0 Å². The zero-order valence-electron chi connectivity index (χ0n) is 14.3. The van der Waals surface area contributed by atoms with Crippen LogP contribution in [0, 0.1) is 0 Å². The van der Waals surface area contributed by atoms with Gasteiger partial charge in [-0.3, -0.25) is 13.9 Å². The van der Waals surface area contributed by atoms with Gasteiger partial charge >= 0.3 is 5.69 Å². The molecule has 0 unspecified atom stereocenters. The molecule has 1 heterocycles. The van der Waals surface area contributed by atoms with Crippen molar-refractivity contribution in [1.82, 2.24) is 9.13 Å². The first-order chi connectivity index (χ1) is 12.0. The normalized spacial score (nSPS) is 10.7. The molecule has 0 spiro atoms. The number of hydrogen-bond donors (Lipinski definition) is 1. The summed E-state index contributed by atoms with van der Waals surface area (Å²) in [5, 5.41) is 2.77. The number of ether oxygens (including phenoxy) is 2. The highest BCUT2D eigenvalue weighted by Crippen LogP contribution is 2.29. The number of amides is 1. The molecule has 0 fully saturated rings. The van der Waals surface area contributed by atoms with Gasteiger partial charge in [-0.15, -0.1) is 0 Å². The fourth-order valence-electron chi connectivity index (χ4n) is 2.77. The highest BCUT2D eigenvalue weighted by atomic mass is 16.5. The van der Waals surface area contributed by atoms with E-state index in [-0.39, 0.29) is 18.1 Å². The number of carbonyl (C=O) groups is 1. The van der Waals surface area contributed by atoms with Crippen LogP contribution in [0.2, 0.25) is 0 Å². The van der Waals surface area contributed by atoms with E-state index < -0.39 is 0 Å². The molecule has 0 aliphatic rings. The van der Waals surface area contributed by atoms with Crippen molar-refractivity contribution in [2.24, 2.45) is 7.05 Å². The van der Waals surface area contributed by atoms with Crippen LogP contribution in [0.4, 0.5) is 5.69 Å². The highest BCUT2D eigenvalue weighted by molar-refractivity contribution is 5.92. The molecule has 0 bridgehead atoms. The summed E-state index contributed by atoms with van der Waals surface area (Å²) in [4.78, 5) is 24.8. The number of methoxy groups -OCH3 is 2. The average molecular weight is 341 g/mol. The summed E-state index contributed by atoms with van der Waals surface area (Å²) in [6, 6.07) is 12.5. The number of hydrogen-bond acceptors (Lipinski definition) is 4. The summed E-state index contributed by atoms with van der Waals surface area (Å²) in [7, 11) is 4.76. The number of imidazole rings is 1. The summed E-state index contributed by atoms with van der Waals surface area (Å²) in [5.41, 5.74) is 1.84. The van der Waals surface area contributed by atoms with Crippen molar-refractivity contribution in [3.05, 3.63) is 52.9 Å². The topological polar surface area (TPSA) is 74.5 Å². The van der Waals surface area contributed by atoms with Crippen molar-refractivity contribution >= 4 is 22.6 Å². The summed E-state index contributed by atoms with van der Waals surface area (Å²) in [6.07, 6.45) is 0. The predicted octanol–water partition coefficient (Wildman–Crippen LogP) is 2.00. The minimum absolute atomic E-state index is 0.0749. The van der Waals surface area contributed by atoms with E-state index in [1.807, 2.05) is 24.3 Å². The van der Waals surface area contributed by atoms with Crippen LogP contribution in [-0.2, 0) is 18.4 Å². The molecule has 2 aromatic carbocycles. The molecule has 1 aromatic heterocycles. The molecule has 25 heavy (non-hydrogen) atoms. The van der Waals surface area contributed by atoms with Crippen LogP contribution in [0.1, 0.15) is 0 Å². The number of carbonyl (C=O) groups excluding carboxylic acids is 1. The number of fused-ring (bicyclic) bond motifs is 1. The number of aromatic nitrogens is 2. The van der Waals surface area contributed by atoms with E-state index in [2.05, 4.69) is 5.32 Å². The van der Waals surface area contributed by atoms with Crippen LogP contribution >= 0.6 is 0 Å². The van der Waals surface area contributed by atoms with E-state index in [9.17, 15) is 9.59 Å². The third-order valence-corrected chi connectivity index (χ3v) is 4.02. The van der Waals surface area contributed by atoms with E-state index in [4.69, 9.17) is 9.47 Å². The van der Waals surface area contributed by atoms with Crippen molar-refractivity contribution in [3.63, 3.8) is 0 Å². The molecule has 1 N–H and O–H groups in total. The zero-order valence-corrected chi connectivity index (χ0v) is 14.3. The lowest BCUT2D eigenvalue weighted by Crippen LogP contribution is -2.28. The van der Waals surface area contributed by atoms with Gasteiger partial charge < -0.3 is 14.8 Å². The number of benzene rings is 2. The van der Waals surface area contributed by atoms with Gasteiger partial charge in [-0.05, 0) is 24.3 Å². The van der Waals surface area contributed by atoms with Crippen LogP contribution in [0.25, 0.3) is 11.0 Å². The third kappa shape index (κ3) is 3.08. The molecule has 3 aromatic rings. The number of anilines is 1. The van der Waals surface area contributed by atoms with Gasteiger partial charge in [-0.1, -0.05) is 12.1 Å². The lowest BCUT2D eigenvalue weighted by atomic mass is 10.2. The SMILES string of the molecule is COc1ccc(NC(=O)Cn2c(=O)n(C)c3ccccc32)cc1OC. The van der Waals surface area contributed by atoms with E-state index in [1.165, 1.54) is 16.2 Å². The van der Waals surface area contributed by atoms with Crippen molar-refractivity contribution in [3.8, 4) is 11.5 Å². The lowest BCUT2D eigenvalue weighted by Gasteiger charge is -2.11. The van der Waals surface area contributed by atoms with Crippen LogP contribution < -0.4 is 20.5 Å². The number of nitrogens with zero attached hydrogens (tertiary/aromatic N) is 2. The Hall–Kier alpha value is -3.22. The third-order valence-electron chi connectivity index (χ3n) is 4.02. The van der Waals surface area contributed by atoms with Gasteiger partial charge in [0.2, 0.25) is 5.91 Å². The van der Waals surface area contributed by atoms with Gasteiger partial charge in [0.05, 0.1) is 25.3 Å². The number of nitrogens with one attached hydrogen (secondary N) is 1. The van der Waals surface area contributed by atoms with E-state index >= 15 is 0 Å². The predicted molar refractivity (Wildman–Crippen MR) is 95.4 cm³/mol. The molecule has 0 aliphatic carbocycles. The second-order valence-corrected chi connectivity index (χ2v) is 5.53. The van der Waals surface area contributed by atoms with Crippen molar-refractivity contribution in [2.75, 3.05) is 19.5 Å². The Bertz CT molecular complexity index is 988. The van der Waals surface area contributed by atoms with Crippen LogP contribution in [0.15, 0.2) is 47.3 Å². The average Bonchev–Trinajstić information content (AvgIpc) is 2.87. The molecule has 1 amide bonds. The molecule has 7 nitrogen and oxygen atoms in total. The minimum Gasteiger partial charge on any atom is -0.493 e. The molecular weight excluding hydrogens is 322 g/mol. The Morgan fingerprint density at radius 3 is 2.40 bits per heavy atom. The maximum Gasteiger partial charge on any atom is 0.329 e. The molecule has 130 valence electrons. The van der Waals surface area contributed by atoms with Gasteiger partial charge in [0.25, 0.3) is 0 Å². The Morgan fingerprint density at radius 1 is 1.04 bits per heavy atom.